The fourth-order valence-electron chi connectivity index (χ4n) is 1.21. The summed E-state index contributed by atoms with van der Waals surface area (Å²) < 4.78 is 29.0. The van der Waals surface area contributed by atoms with Gasteiger partial charge in [0, 0.05) is 17.2 Å². The van der Waals surface area contributed by atoms with Crippen LogP contribution in [-0.4, -0.2) is 29.8 Å². The lowest BCUT2D eigenvalue weighted by Crippen LogP contribution is -2.12. The first kappa shape index (κ1) is 13.2. The molecule has 1 rings (SSSR count). The Morgan fingerprint density at radius 3 is 2.50 bits per heavy atom. The van der Waals surface area contributed by atoms with Gasteiger partial charge in [-0.3, -0.25) is 4.57 Å². The SMILES string of the molecule is CCOc1nnc(S(=O)(=O)Cl)n1CC(C)C. The van der Waals surface area contributed by atoms with Gasteiger partial charge in [0.1, 0.15) is 0 Å². The second-order valence-electron chi connectivity index (χ2n) is 3.64. The Balaban J connectivity index is 3.19. The van der Waals surface area contributed by atoms with Crippen LogP contribution in [0.4, 0.5) is 0 Å². The minimum absolute atomic E-state index is 0.176. The number of hydrogen-bond donors (Lipinski definition) is 0. The van der Waals surface area contributed by atoms with Crippen molar-refractivity contribution < 1.29 is 13.2 Å². The van der Waals surface area contributed by atoms with E-state index in [0.717, 1.165) is 0 Å². The van der Waals surface area contributed by atoms with Crippen molar-refractivity contribution in [1.82, 2.24) is 14.8 Å². The molecule has 0 aliphatic carbocycles. The van der Waals surface area contributed by atoms with E-state index in [0.29, 0.717) is 13.2 Å². The number of halogens is 1. The van der Waals surface area contributed by atoms with E-state index in [2.05, 4.69) is 10.2 Å². The lowest BCUT2D eigenvalue weighted by atomic mass is 10.2. The molecule has 92 valence electrons. The van der Waals surface area contributed by atoms with Gasteiger partial charge in [-0.05, 0) is 12.8 Å². The number of nitrogens with zero attached hydrogens (tertiary/aromatic N) is 3. The Morgan fingerprint density at radius 1 is 1.44 bits per heavy atom. The topological polar surface area (TPSA) is 74.1 Å². The van der Waals surface area contributed by atoms with Gasteiger partial charge < -0.3 is 4.74 Å². The van der Waals surface area contributed by atoms with Crippen LogP contribution in [0.3, 0.4) is 0 Å². The third kappa shape index (κ3) is 3.08. The quantitative estimate of drug-likeness (QED) is 0.751. The average molecular weight is 268 g/mol. The fraction of sp³-hybridized carbons (Fsp3) is 0.750. The van der Waals surface area contributed by atoms with Crippen LogP contribution in [0.1, 0.15) is 20.8 Å². The number of aromatic nitrogens is 3. The van der Waals surface area contributed by atoms with E-state index in [9.17, 15) is 8.42 Å². The molecule has 0 unspecified atom stereocenters. The molecule has 16 heavy (non-hydrogen) atoms. The molecule has 1 heterocycles. The molecule has 0 atom stereocenters. The summed E-state index contributed by atoms with van der Waals surface area (Å²) in [6.07, 6.45) is 0. The molecule has 0 spiro atoms. The molecule has 0 saturated carbocycles. The van der Waals surface area contributed by atoms with Gasteiger partial charge >= 0.3 is 6.01 Å². The number of hydrogen-bond acceptors (Lipinski definition) is 5. The summed E-state index contributed by atoms with van der Waals surface area (Å²) in [5, 5.41) is 6.91. The van der Waals surface area contributed by atoms with E-state index in [4.69, 9.17) is 15.4 Å². The molecule has 0 amide bonds. The van der Waals surface area contributed by atoms with E-state index >= 15 is 0 Å². The van der Waals surface area contributed by atoms with Gasteiger partial charge in [-0.25, -0.2) is 8.42 Å². The van der Waals surface area contributed by atoms with Crippen molar-refractivity contribution >= 4 is 19.7 Å². The maximum absolute atomic E-state index is 11.2. The highest BCUT2D eigenvalue weighted by Gasteiger charge is 2.23. The van der Waals surface area contributed by atoms with Crippen molar-refractivity contribution in [2.45, 2.75) is 32.5 Å². The van der Waals surface area contributed by atoms with Gasteiger partial charge in [0.15, 0.2) is 0 Å². The maximum atomic E-state index is 11.2. The standard InChI is InChI=1S/C8H14ClN3O3S/c1-4-15-7-10-11-8(16(9,13)14)12(7)5-6(2)3/h6H,4-5H2,1-3H3. The Kier molecular flexibility index (Phi) is 4.15. The summed E-state index contributed by atoms with van der Waals surface area (Å²) in [5.74, 6) is 0.229. The minimum Gasteiger partial charge on any atom is -0.464 e. The third-order valence-electron chi connectivity index (χ3n) is 1.72. The van der Waals surface area contributed by atoms with Crippen LogP contribution in [0, 0.1) is 5.92 Å². The molecular weight excluding hydrogens is 254 g/mol. The van der Waals surface area contributed by atoms with Crippen molar-refractivity contribution in [2.75, 3.05) is 6.61 Å². The van der Waals surface area contributed by atoms with Gasteiger partial charge in [-0.1, -0.05) is 18.9 Å². The molecule has 0 bridgehead atoms. The highest BCUT2D eigenvalue weighted by atomic mass is 35.7. The molecule has 6 nitrogen and oxygen atoms in total. The van der Waals surface area contributed by atoms with Crippen LogP contribution in [0.25, 0.3) is 0 Å². The van der Waals surface area contributed by atoms with Crippen LogP contribution < -0.4 is 4.74 Å². The molecule has 0 N–H and O–H groups in total. The Morgan fingerprint density at radius 2 is 2.06 bits per heavy atom. The van der Waals surface area contributed by atoms with Crippen LogP contribution in [0.5, 0.6) is 6.01 Å². The largest absolute Gasteiger partial charge is 0.464 e. The molecule has 0 saturated heterocycles. The number of ether oxygens (including phenoxy) is 1. The average Bonchev–Trinajstić information content (AvgIpc) is 2.47. The summed E-state index contributed by atoms with van der Waals surface area (Å²) in [5.41, 5.74) is 0. The maximum Gasteiger partial charge on any atom is 0.317 e. The van der Waals surface area contributed by atoms with Crippen molar-refractivity contribution in [2.24, 2.45) is 5.92 Å². The third-order valence-corrected chi connectivity index (χ3v) is 2.87. The lowest BCUT2D eigenvalue weighted by molar-refractivity contribution is 0.284. The summed E-state index contributed by atoms with van der Waals surface area (Å²) in [6, 6.07) is 0.176. The predicted octanol–water partition coefficient (Wildman–Crippen LogP) is 1.26. The monoisotopic (exact) mass is 267 g/mol. The first-order valence-corrected chi connectivity index (χ1v) is 7.17. The van der Waals surface area contributed by atoms with Crippen molar-refractivity contribution in [3.63, 3.8) is 0 Å². The second-order valence-corrected chi connectivity index (χ2v) is 6.10. The van der Waals surface area contributed by atoms with Gasteiger partial charge in [0.2, 0.25) is 0 Å². The zero-order valence-corrected chi connectivity index (χ0v) is 10.9. The molecule has 0 fully saturated rings. The van der Waals surface area contributed by atoms with E-state index in [1.165, 1.54) is 4.57 Å². The Hall–Kier alpha value is -0.820. The smallest absolute Gasteiger partial charge is 0.317 e. The van der Waals surface area contributed by atoms with Gasteiger partial charge in [0.05, 0.1) is 6.61 Å². The molecule has 1 aromatic heterocycles. The predicted molar refractivity (Wildman–Crippen MR) is 59.1 cm³/mol. The molecule has 0 radical (unpaired) electrons. The molecular formula is C8H14ClN3O3S. The van der Waals surface area contributed by atoms with Crippen molar-refractivity contribution in [3.8, 4) is 6.01 Å². The van der Waals surface area contributed by atoms with Gasteiger partial charge in [-0.2, -0.15) is 0 Å². The van der Waals surface area contributed by atoms with Crippen molar-refractivity contribution in [3.05, 3.63) is 0 Å². The summed E-state index contributed by atoms with van der Waals surface area (Å²) in [6.45, 7) is 6.49. The van der Waals surface area contributed by atoms with Crippen LogP contribution in [0.2, 0.25) is 0 Å². The number of rotatable bonds is 5. The zero-order chi connectivity index (χ0) is 12.3. The highest BCUT2D eigenvalue weighted by molar-refractivity contribution is 8.13. The summed E-state index contributed by atoms with van der Waals surface area (Å²) >= 11 is 0. The molecule has 0 aliphatic rings. The van der Waals surface area contributed by atoms with Crippen molar-refractivity contribution in [1.29, 1.82) is 0 Å². The first-order chi connectivity index (χ1) is 7.36. The van der Waals surface area contributed by atoms with Crippen LogP contribution >= 0.6 is 10.7 Å². The minimum atomic E-state index is -3.90. The van der Waals surface area contributed by atoms with E-state index in [-0.39, 0.29) is 17.1 Å². The van der Waals surface area contributed by atoms with Gasteiger partial charge in [0.25, 0.3) is 14.2 Å². The fourth-order valence-corrected chi connectivity index (χ4v) is 2.11. The van der Waals surface area contributed by atoms with Gasteiger partial charge in [-0.15, -0.1) is 5.10 Å². The Bertz CT molecular complexity index is 455. The molecule has 8 heteroatoms. The summed E-state index contributed by atoms with van der Waals surface area (Å²) in [7, 11) is 1.36. The van der Waals surface area contributed by atoms with E-state index in [1.54, 1.807) is 6.92 Å². The lowest BCUT2D eigenvalue weighted by Gasteiger charge is -2.10. The van der Waals surface area contributed by atoms with Crippen LogP contribution in [0.15, 0.2) is 5.16 Å². The zero-order valence-electron chi connectivity index (χ0n) is 9.34. The molecule has 0 aliphatic heterocycles. The van der Waals surface area contributed by atoms with Crippen LogP contribution in [-0.2, 0) is 15.6 Å². The molecule has 0 aromatic carbocycles. The first-order valence-electron chi connectivity index (χ1n) is 4.87. The van der Waals surface area contributed by atoms with E-state index in [1.807, 2.05) is 13.8 Å². The second kappa shape index (κ2) is 5.01. The molecule has 1 aromatic rings. The summed E-state index contributed by atoms with van der Waals surface area (Å²) in [4.78, 5) is 0. The Labute approximate surface area is 99.0 Å². The normalized spacial score (nSPS) is 12.1. The van der Waals surface area contributed by atoms with E-state index < -0.39 is 9.05 Å². The highest BCUT2D eigenvalue weighted by Crippen LogP contribution is 2.20.